The second-order valence-corrected chi connectivity index (χ2v) is 6.06. The lowest BCUT2D eigenvalue weighted by molar-refractivity contribution is -0.124. The quantitative estimate of drug-likeness (QED) is 0.641. The first-order valence-electron chi connectivity index (χ1n) is 7.72. The van der Waals surface area contributed by atoms with Crippen LogP contribution in [-0.4, -0.2) is 30.6 Å². The van der Waals surface area contributed by atoms with Crippen molar-refractivity contribution in [1.29, 1.82) is 0 Å². The van der Waals surface area contributed by atoms with Crippen LogP contribution in [0.4, 0.5) is 0 Å². The number of carbonyl (C=O) groups is 2. The largest absolute Gasteiger partial charge is 0.497 e. The summed E-state index contributed by atoms with van der Waals surface area (Å²) >= 11 is 1.32. The lowest BCUT2D eigenvalue weighted by Crippen LogP contribution is -2.28. The zero-order valence-corrected chi connectivity index (χ0v) is 14.7. The molecule has 1 amide bonds. The topological polar surface area (TPSA) is 90.7 Å². The number of rotatable bonds is 7. The van der Waals surface area contributed by atoms with E-state index in [1.807, 2.05) is 24.3 Å². The molecule has 8 heteroatoms. The van der Waals surface area contributed by atoms with Gasteiger partial charge in [0, 0.05) is 10.9 Å². The summed E-state index contributed by atoms with van der Waals surface area (Å²) in [4.78, 5) is 28.0. The maximum atomic E-state index is 12.0. The summed E-state index contributed by atoms with van der Waals surface area (Å²) in [6, 6.07) is 10.8. The van der Waals surface area contributed by atoms with Crippen LogP contribution in [0.15, 0.2) is 52.5 Å². The first-order chi connectivity index (χ1) is 12.7. The number of nitrogens with zero attached hydrogens (tertiary/aromatic N) is 1. The van der Waals surface area contributed by atoms with E-state index in [0.29, 0.717) is 10.8 Å². The molecule has 0 saturated heterocycles. The molecule has 0 radical (unpaired) electrons. The molecule has 0 fully saturated rings. The molecule has 0 aliphatic heterocycles. The van der Waals surface area contributed by atoms with Crippen molar-refractivity contribution in [3.8, 4) is 16.3 Å². The molecule has 7 nitrogen and oxygen atoms in total. The minimum Gasteiger partial charge on any atom is -0.497 e. The molecular formula is C18H16N2O5S. The van der Waals surface area contributed by atoms with Crippen molar-refractivity contribution >= 4 is 23.2 Å². The monoisotopic (exact) mass is 372 g/mol. The van der Waals surface area contributed by atoms with Crippen molar-refractivity contribution in [3.63, 3.8) is 0 Å². The second kappa shape index (κ2) is 8.30. The molecule has 1 aromatic carbocycles. The molecule has 0 spiro atoms. The lowest BCUT2D eigenvalue weighted by atomic mass is 10.2. The van der Waals surface area contributed by atoms with E-state index in [2.05, 4.69) is 10.3 Å². The highest BCUT2D eigenvalue weighted by molar-refractivity contribution is 7.13. The van der Waals surface area contributed by atoms with E-state index >= 15 is 0 Å². The van der Waals surface area contributed by atoms with Crippen LogP contribution < -0.4 is 10.1 Å². The maximum Gasteiger partial charge on any atom is 0.358 e. The summed E-state index contributed by atoms with van der Waals surface area (Å²) < 4.78 is 15.2. The van der Waals surface area contributed by atoms with Gasteiger partial charge in [-0.05, 0) is 36.4 Å². The Hall–Kier alpha value is -3.13. The van der Waals surface area contributed by atoms with E-state index in [4.69, 9.17) is 13.9 Å². The minimum absolute atomic E-state index is 0.166. The number of esters is 1. The predicted molar refractivity (Wildman–Crippen MR) is 94.9 cm³/mol. The molecule has 0 aliphatic carbocycles. The normalized spacial score (nSPS) is 10.3. The maximum absolute atomic E-state index is 12.0. The van der Waals surface area contributed by atoms with Crippen molar-refractivity contribution in [2.45, 2.75) is 6.54 Å². The molecule has 2 heterocycles. The zero-order chi connectivity index (χ0) is 18.4. The molecular weight excluding hydrogens is 356 g/mol. The van der Waals surface area contributed by atoms with E-state index in [0.717, 1.165) is 11.3 Å². The van der Waals surface area contributed by atoms with Gasteiger partial charge in [-0.25, -0.2) is 9.78 Å². The average molecular weight is 372 g/mol. The molecule has 0 aliphatic rings. The second-order valence-electron chi connectivity index (χ2n) is 5.20. The summed E-state index contributed by atoms with van der Waals surface area (Å²) in [5.74, 6) is 0.299. The summed E-state index contributed by atoms with van der Waals surface area (Å²) in [5.41, 5.74) is 1.03. The molecule has 134 valence electrons. The van der Waals surface area contributed by atoms with Gasteiger partial charge in [0.15, 0.2) is 12.3 Å². The number of nitrogens with one attached hydrogen (secondary N) is 1. The molecule has 1 N–H and O–H groups in total. The number of hydrogen-bond donors (Lipinski definition) is 1. The highest BCUT2D eigenvalue weighted by Gasteiger charge is 2.15. The first-order valence-corrected chi connectivity index (χ1v) is 8.60. The van der Waals surface area contributed by atoms with Crippen molar-refractivity contribution in [2.24, 2.45) is 0 Å². The van der Waals surface area contributed by atoms with Crippen molar-refractivity contribution < 1.29 is 23.5 Å². The van der Waals surface area contributed by atoms with Gasteiger partial charge in [0.05, 0.1) is 19.9 Å². The number of benzene rings is 1. The van der Waals surface area contributed by atoms with Gasteiger partial charge in [-0.2, -0.15) is 0 Å². The van der Waals surface area contributed by atoms with Gasteiger partial charge in [-0.1, -0.05) is 0 Å². The van der Waals surface area contributed by atoms with E-state index in [-0.39, 0.29) is 18.8 Å². The standard InChI is InChI=1S/C18H16N2O5S/c1-23-13-6-4-12(5-7-13)17-20-15(11-26-17)18(22)25-10-16(21)19-9-14-3-2-8-24-14/h2-8,11H,9-10H2,1H3,(H,19,21). The van der Waals surface area contributed by atoms with Crippen LogP contribution in [0.25, 0.3) is 10.6 Å². The van der Waals surface area contributed by atoms with Crippen LogP contribution >= 0.6 is 11.3 Å². The Morgan fingerprint density at radius 1 is 1.23 bits per heavy atom. The molecule has 3 rings (SSSR count). The Kier molecular flexibility index (Phi) is 5.65. The smallest absolute Gasteiger partial charge is 0.358 e. The molecule has 2 aromatic heterocycles. The Bertz CT molecular complexity index is 871. The lowest BCUT2D eigenvalue weighted by Gasteiger charge is -2.04. The number of ether oxygens (including phenoxy) is 2. The van der Waals surface area contributed by atoms with Gasteiger partial charge < -0.3 is 19.2 Å². The predicted octanol–water partition coefficient (Wildman–Crippen LogP) is 2.88. The van der Waals surface area contributed by atoms with E-state index in [9.17, 15) is 9.59 Å². The van der Waals surface area contributed by atoms with E-state index < -0.39 is 11.9 Å². The number of carbonyl (C=O) groups excluding carboxylic acids is 2. The van der Waals surface area contributed by atoms with Gasteiger partial charge in [-0.3, -0.25) is 4.79 Å². The van der Waals surface area contributed by atoms with Crippen LogP contribution in [0, 0.1) is 0 Å². The van der Waals surface area contributed by atoms with Gasteiger partial charge in [-0.15, -0.1) is 11.3 Å². The Morgan fingerprint density at radius 3 is 2.73 bits per heavy atom. The van der Waals surface area contributed by atoms with Gasteiger partial charge in [0.1, 0.15) is 16.5 Å². The van der Waals surface area contributed by atoms with Crippen LogP contribution in [0.5, 0.6) is 5.75 Å². The summed E-state index contributed by atoms with van der Waals surface area (Å²) in [6.07, 6.45) is 1.52. The van der Waals surface area contributed by atoms with Crippen LogP contribution in [0.1, 0.15) is 16.2 Å². The summed E-state index contributed by atoms with van der Waals surface area (Å²) in [7, 11) is 1.59. The highest BCUT2D eigenvalue weighted by atomic mass is 32.1. The number of aromatic nitrogens is 1. The molecule has 0 bridgehead atoms. The number of furan rings is 1. The van der Waals surface area contributed by atoms with Crippen molar-refractivity contribution in [2.75, 3.05) is 13.7 Å². The van der Waals surface area contributed by atoms with Crippen LogP contribution in [0.3, 0.4) is 0 Å². The minimum atomic E-state index is -0.644. The fourth-order valence-electron chi connectivity index (χ4n) is 2.09. The SMILES string of the molecule is COc1ccc(-c2nc(C(=O)OCC(=O)NCc3ccco3)cs2)cc1. The Balaban J connectivity index is 1.51. The van der Waals surface area contributed by atoms with Crippen molar-refractivity contribution in [3.05, 3.63) is 59.5 Å². The van der Waals surface area contributed by atoms with E-state index in [1.54, 1.807) is 24.6 Å². The van der Waals surface area contributed by atoms with Gasteiger partial charge >= 0.3 is 5.97 Å². The number of amides is 1. The van der Waals surface area contributed by atoms with Gasteiger partial charge in [0.2, 0.25) is 0 Å². The van der Waals surface area contributed by atoms with Gasteiger partial charge in [0.25, 0.3) is 5.91 Å². The third-order valence-corrected chi connectivity index (χ3v) is 4.32. The molecule has 26 heavy (non-hydrogen) atoms. The molecule has 0 atom stereocenters. The van der Waals surface area contributed by atoms with Crippen LogP contribution in [-0.2, 0) is 16.1 Å². The number of hydrogen-bond acceptors (Lipinski definition) is 7. The van der Waals surface area contributed by atoms with E-state index in [1.165, 1.54) is 17.6 Å². The molecule has 3 aromatic rings. The Morgan fingerprint density at radius 2 is 2.04 bits per heavy atom. The average Bonchev–Trinajstić information content (AvgIpc) is 3.36. The number of methoxy groups -OCH3 is 1. The van der Waals surface area contributed by atoms with Crippen molar-refractivity contribution in [1.82, 2.24) is 10.3 Å². The fourth-order valence-corrected chi connectivity index (χ4v) is 2.88. The molecule has 0 unspecified atom stereocenters. The first kappa shape index (κ1) is 17.7. The third kappa shape index (κ3) is 4.48. The summed E-state index contributed by atoms with van der Waals surface area (Å²) in [6.45, 7) is -0.142. The highest BCUT2D eigenvalue weighted by Crippen LogP contribution is 2.25. The fraction of sp³-hybridized carbons (Fsp3) is 0.167. The zero-order valence-electron chi connectivity index (χ0n) is 13.9. The molecule has 0 saturated carbocycles. The Labute approximate surface area is 153 Å². The third-order valence-electron chi connectivity index (χ3n) is 3.42. The van der Waals surface area contributed by atoms with Crippen LogP contribution in [0.2, 0.25) is 0 Å². The summed E-state index contributed by atoms with van der Waals surface area (Å²) in [5, 5.41) is 4.88. The number of thiazole rings is 1.